The zero-order valence-corrected chi connectivity index (χ0v) is 60.6. The van der Waals surface area contributed by atoms with Crippen LogP contribution in [0.4, 0.5) is 0 Å². The second kappa shape index (κ2) is 60.7. The van der Waals surface area contributed by atoms with Crippen LogP contribution in [-0.4, -0.2) is 96.7 Å². The Morgan fingerprint density at radius 3 is 0.689 bits per heavy atom. The Labute approximate surface area is 549 Å². The number of unbranched alkanes of at least 4 members (excludes halogenated alkanes) is 34. The summed E-state index contributed by atoms with van der Waals surface area (Å²) in [7, 11) is -9.90. The summed E-state index contributed by atoms with van der Waals surface area (Å²) in [4.78, 5) is 72.6. The highest BCUT2D eigenvalue weighted by Gasteiger charge is 2.30. The molecule has 0 aliphatic heterocycles. The number of aliphatic hydroxyl groups excluding tert-OH is 1. The van der Waals surface area contributed by atoms with E-state index in [9.17, 15) is 43.2 Å². The summed E-state index contributed by atoms with van der Waals surface area (Å²) in [5.74, 6) is 0.853. The minimum atomic E-state index is -4.95. The summed E-state index contributed by atoms with van der Waals surface area (Å²) in [5, 5.41) is 10.6. The lowest BCUT2D eigenvalue weighted by Crippen LogP contribution is -2.30. The quantitative estimate of drug-likeness (QED) is 0.0222. The van der Waals surface area contributed by atoms with Gasteiger partial charge in [-0.2, -0.15) is 0 Å². The summed E-state index contributed by atoms with van der Waals surface area (Å²) in [5.41, 5.74) is 0. The monoisotopic (exact) mass is 1320 g/mol. The Morgan fingerprint density at radius 1 is 0.278 bits per heavy atom. The van der Waals surface area contributed by atoms with Crippen LogP contribution in [0.15, 0.2) is 0 Å². The van der Waals surface area contributed by atoms with E-state index in [1.165, 1.54) is 154 Å². The second-order valence-corrected chi connectivity index (χ2v) is 30.4. The van der Waals surface area contributed by atoms with E-state index in [1.54, 1.807) is 0 Å². The first-order chi connectivity index (χ1) is 43.1. The number of rotatable bonds is 68. The summed E-state index contributed by atoms with van der Waals surface area (Å²) in [6, 6.07) is 0. The van der Waals surface area contributed by atoms with Gasteiger partial charge < -0.3 is 33.8 Å². The smallest absolute Gasteiger partial charge is 0.462 e. The zero-order valence-electron chi connectivity index (χ0n) is 58.8. The predicted molar refractivity (Wildman–Crippen MR) is 363 cm³/mol. The van der Waals surface area contributed by atoms with Gasteiger partial charge in [0.1, 0.15) is 19.3 Å². The number of hydrogen-bond acceptors (Lipinski definition) is 15. The minimum Gasteiger partial charge on any atom is -0.462 e. The molecule has 0 aromatic carbocycles. The van der Waals surface area contributed by atoms with Gasteiger partial charge in [-0.05, 0) is 49.4 Å². The lowest BCUT2D eigenvalue weighted by atomic mass is 10.0. The fraction of sp³-hybridized carbons (Fsp3) is 0.944. The summed E-state index contributed by atoms with van der Waals surface area (Å²) in [6.45, 7) is 14.1. The van der Waals surface area contributed by atoms with Crippen LogP contribution in [0.3, 0.4) is 0 Å². The average molecular weight is 1330 g/mol. The van der Waals surface area contributed by atoms with Gasteiger partial charge >= 0.3 is 39.5 Å². The molecule has 0 saturated carbocycles. The molecule has 0 fully saturated rings. The van der Waals surface area contributed by atoms with Crippen LogP contribution in [0.5, 0.6) is 0 Å². The van der Waals surface area contributed by atoms with Gasteiger partial charge in [0, 0.05) is 25.7 Å². The first-order valence-electron chi connectivity index (χ1n) is 36.7. The molecule has 0 rings (SSSR count). The standard InChI is InChI=1S/C71H138O17P2/c1-61(2)47-39-31-23-15-11-9-10-12-17-29-37-45-53-70(75)87-66(57-81-68(73)51-43-35-27-21-19-25-33-41-49-63(5)6)59-85-89(77,78)83-55-65(72)56-84-90(79,80)86-60-67(58-82-69(74)52-44-36-28-22-20-26-34-42-50-64(7)8)88-71(76)54-46-38-30-18-14-13-16-24-32-40-48-62(3)4/h61-67,72H,9-60H2,1-8H3,(H,77,78)(H,79,80)/t65?,66-,67-/m1/s1. The van der Waals surface area contributed by atoms with Crippen LogP contribution in [0.25, 0.3) is 0 Å². The van der Waals surface area contributed by atoms with E-state index in [2.05, 4.69) is 55.4 Å². The highest BCUT2D eigenvalue weighted by Crippen LogP contribution is 2.45. The number of carbonyl (C=O) groups excluding carboxylic acids is 4. The normalized spacial score (nSPS) is 14.3. The number of ether oxygens (including phenoxy) is 4. The number of esters is 4. The Bertz CT molecular complexity index is 1780. The topological polar surface area (TPSA) is 237 Å². The summed E-state index contributed by atoms with van der Waals surface area (Å²) < 4.78 is 68.3. The summed E-state index contributed by atoms with van der Waals surface area (Å²) in [6.07, 6.45) is 43.1. The number of hydrogen-bond donors (Lipinski definition) is 3. The zero-order chi connectivity index (χ0) is 66.8. The molecular weight excluding hydrogens is 1190 g/mol. The van der Waals surface area contributed by atoms with Crippen LogP contribution in [0.2, 0.25) is 0 Å². The van der Waals surface area contributed by atoms with Gasteiger partial charge in [-0.15, -0.1) is 0 Å². The van der Waals surface area contributed by atoms with Gasteiger partial charge in [0.25, 0.3) is 0 Å². The lowest BCUT2D eigenvalue weighted by Gasteiger charge is -2.21. The van der Waals surface area contributed by atoms with Crippen molar-refractivity contribution in [2.45, 2.75) is 369 Å². The van der Waals surface area contributed by atoms with Gasteiger partial charge in [-0.3, -0.25) is 37.3 Å². The largest absolute Gasteiger partial charge is 0.472 e. The molecule has 0 aliphatic carbocycles. The first kappa shape index (κ1) is 88.1. The molecule has 0 aromatic heterocycles. The van der Waals surface area contributed by atoms with Gasteiger partial charge in [0.15, 0.2) is 12.2 Å². The van der Waals surface area contributed by atoms with Crippen LogP contribution >= 0.6 is 15.6 Å². The van der Waals surface area contributed by atoms with E-state index in [4.69, 9.17) is 37.0 Å². The van der Waals surface area contributed by atoms with Gasteiger partial charge in [0.05, 0.1) is 26.4 Å². The van der Waals surface area contributed by atoms with Crippen LogP contribution in [-0.2, 0) is 65.4 Å². The second-order valence-electron chi connectivity index (χ2n) is 27.5. The average Bonchev–Trinajstić information content (AvgIpc) is 3.28. The van der Waals surface area contributed by atoms with E-state index < -0.39 is 97.5 Å². The maximum Gasteiger partial charge on any atom is 0.472 e. The Balaban J connectivity index is 5.26. The van der Waals surface area contributed by atoms with Crippen molar-refractivity contribution >= 4 is 39.5 Å². The number of phosphoric acid groups is 2. The molecule has 0 radical (unpaired) electrons. The molecule has 0 spiro atoms. The molecule has 3 unspecified atom stereocenters. The molecule has 0 amide bonds. The molecule has 0 aliphatic rings. The van der Waals surface area contributed by atoms with E-state index in [0.29, 0.717) is 25.7 Å². The third kappa shape index (κ3) is 64.8. The van der Waals surface area contributed by atoms with Crippen molar-refractivity contribution in [3.63, 3.8) is 0 Å². The number of carbonyl (C=O) groups is 4. The van der Waals surface area contributed by atoms with Gasteiger partial charge in [-0.1, -0.05) is 299 Å². The molecule has 0 saturated heterocycles. The third-order valence-corrected chi connectivity index (χ3v) is 18.2. The number of phosphoric ester groups is 2. The van der Waals surface area contributed by atoms with Gasteiger partial charge in [0.2, 0.25) is 0 Å². The Kier molecular flexibility index (Phi) is 59.4. The van der Waals surface area contributed by atoms with Crippen LogP contribution in [0.1, 0.15) is 351 Å². The first-order valence-corrected chi connectivity index (χ1v) is 39.7. The van der Waals surface area contributed by atoms with Crippen molar-refractivity contribution < 1.29 is 80.2 Å². The molecule has 5 atom stereocenters. The molecule has 534 valence electrons. The predicted octanol–water partition coefficient (Wildman–Crippen LogP) is 20.1. The fourth-order valence-corrected chi connectivity index (χ4v) is 12.2. The van der Waals surface area contributed by atoms with Gasteiger partial charge in [-0.25, -0.2) is 9.13 Å². The Hall–Kier alpha value is -1.94. The van der Waals surface area contributed by atoms with Crippen LogP contribution < -0.4 is 0 Å². The van der Waals surface area contributed by atoms with Crippen molar-refractivity contribution in [3.8, 4) is 0 Å². The van der Waals surface area contributed by atoms with E-state index >= 15 is 0 Å². The van der Waals surface area contributed by atoms with Crippen LogP contribution in [0, 0.1) is 23.7 Å². The summed E-state index contributed by atoms with van der Waals surface area (Å²) >= 11 is 0. The van der Waals surface area contributed by atoms with Crippen molar-refractivity contribution in [2.75, 3.05) is 39.6 Å². The van der Waals surface area contributed by atoms with Crippen molar-refractivity contribution in [1.29, 1.82) is 0 Å². The Morgan fingerprint density at radius 2 is 0.467 bits per heavy atom. The van der Waals surface area contributed by atoms with E-state index in [0.717, 1.165) is 114 Å². The lowest BCUT2D eigenvalue weighted by molar-refractivity contribution is -0.161. The molecule has 17 nitrogen and oxygen atoms in total. The third-order valence-electron chi connectivity index (χ3n) is 16.3. The number of aliphatic hydroxyl groups is 1. The van der Waals surface area contributed by atoms with Crippen molar-refractivity contribution in [3.05, 3.63) is 0 Å². The van der Waals surface area contributed by atoms with Crippen molar-refractivity contribution in [1.82, 2.24) is 0 Å². The highest BCUT2D eigenvalue weighted by molar-refractivity contribution is 7.47. The molecule has 0 bridgehead atoms. The molecule has 19 heteroatoms. The molecular formula is C71H138O17P2. The highest BCUT2D eigenvalue weighted by atomic mass is 31.2. The van der Waals surface area contributed by atoms with E-state index in [-0.39, 0.29) is 25.7 Å². The SMILES string of the molecule is CC(C)CCCCCCCCCCCCCCC(=O)O[C@H](COC(=O)CCCCCCCCCCC(C)C)COP(=O)(O)OCC(O)COP(=O)(O)OC[C@@H](COC(=O)CCCCCCCCCCC(C)C)OC(=O)CCCCCCCCCCCCC(C)C. The maximum absolute atomic E-state index is 13.0. The fourth-order valence-electron chi connectivity index (χ4n) is 10.7. The van der Waals surface area contributed by atoms with E-state index in [1.807, 2.05) is 0 Å². The molecule has 0 aromatic rings. The molecule has 3 N–H and O–H groups in total. The van der Waals surface area contributed by atoms with Crippen molar-refractivity contribution in [2.24, 2.45) is 23.7 Å². The molecule has 0 heterocycles. The maximum atomic E-state index is 13.0. The molecule has 90 heavy (non-hydrogen) atoms. The minimum absolute atomic E-state index is 0.105.